The number of aromatic carboxylic acids is 2. The first-order chi connectivity index (χ1) is 7.95. The summed E-state index contributed by atoms with van der Waals surface area (Å²) in [6.45, 7) is 0. The van der Waals surface area contributed by atoms with E-state index < -0.39 is 18.0 Å². The molecule has 0 fully saturated rings. The molecular weight excluding hydrogens is 230 g/mol. The summed E-state index contributed by atoms with van der Waals surface area (Å²) in [4.78, 5) is 32.3. The van der Waals surface area contributed by atoms with E-state index in [1.165, 1.54) is 0 Å². The van der Waals surface area contributed by atoms with Crippen LogP contribution in [0, 0.1) is 5.53 Å². The summed E-state index contributed by atoms with van der Waals surface area (Å²) in [7, 11) is 0. The maximum Gasteiger partial charge on any atom is 0.363 e. The highest BCUT2D eigenvalue weighted by Gasteiger charge is 2.15. The number of benzene rings is 1. The Morgan fingerprint density at radius 1 is 1.18 bits per heavy atom. The largest absolute Gasteiger partial charge is 0.478 e. The van der Waals surface area contributed by atoms with Crippen LogP contribution in [-0.4, -0.2) is 28.2 Å². The van der Waals surface area contributed by atoms with Crippen LogP contribution in [-0.2, 0) is 0 Å². The SMILES string of the molecule is N=NC(=O)Nc1ccc(C(=O)O)cc1C(=O)O. The molecular formula is C9H7N3O5. The van der Waals surface area contributed by atoms with Crippen LogP contribution in [0.3, 0.4) is 0 Å². The highest BCUT2D eigenvalue weighted by Crippen LogP contribution is 2.18. The molecule has 0 unspecified atom stereocenters. The molecule has 4 N–H and O–H groups in total. The van der Waals surface area contributed by atoms with Crippen LogP contribution in [0.1, 0.15) is 20.7 Å². The van der Waals surface area contributed by atoms with Crippen LogP contribution >= 0.6 is 0 Å². The Hall–Kier alpha value is -2.77. The maximum atomic E-state index is 10.8. The third kappa shape index (κ3) is 2.84. The number of nitrogens with one attached hydrogen (secondary N) is 2. The molecule has 1 rings (SSSR count). The zero-order valence-electron chi connectivity index (χ0n) is 8.30. The second-order valence-corrected chi connectivity index (χ2v) is 2.91. The molecule has 0 atom stereocenters. The summed E-state index contributed by atoms with van der Waals surface area (Å²) in [5, 5.41) is 22.1. The van der Waals surface area contributed by atoms with E-state index in [0.29, 0.717) is 0 Å². The predicted octanol–water partition coefficient (Wildman–Crippen LogP) is 1.65. The Morgan fingerprint density at radius 2 is 1.82 bits per heavy atom. The number of urea groups is 1. The summed E-state index contributed by atoms with van der Waals surface area (Å²) >= 11 is 0. The zero-order chi connectivity index (χ0) is 13.0. The van der Waals surface area contributed by atoms with E-state index in [-0.39, 0.29) is 16.8 Å². The number of carboxylic acid groups (broad SMARTS) is 2. The molecule has 1 aromatic carbocycles. The lowest BCUT2D eigenvalue weighted by Gasteiger charge is -2.06. The standard InChI is InChI=1S/C9H7N3O5/c10-12-9(17)11-6-2-1-4(7(13)14)3-5(6)8(15)16/h1-3,10H,(H,11,17)(H,13,14)(H,15,16). The van der Waals surface area contributed by atoms with Gasteiger partial charge < -0.3 is 15.5 Å². The quantitative estimate of drug-likeness (QED) is 0.591. The minimum absolute atomic E-state index is 0.122. The molecule has 0 aromatic heterocycles. The molecule has 88 valence electrons. The number of hydrogen-bond acceptors (Lipinski definition) is 4. The van der Waals surface area contributed by atoms with E-state index in [2.05, 4.69) is 5.11 Å². The van der Waals surface area contributed by atoms with Crippen LogP contribution < -0.4 is 5.32 Å². The maximum absolute atomic E-state index is 10.8. The fourth-order valence-corrected chi connectivity index (χ4v) is 1.11. The van der Waals surface area contributed by atoms with Crippen LogP contribution in [0.4, 0.5) is 10.5 Å². The molecule has 0 saturated carbocycles. The molecule has 0 aliphatic rings. The van der Waals surface area contributed by atoms with Crippen molar-refractivity contribution in [2.45, 2.75) is 0 Å². The number of anilines is 1. The van der Waals surface area contributed by atoms with Gasteiger partial charge in [0.2, 0.25) is 0 Å². The van der Waals surface area contributed by atoms with Crippen molar-refractivity contribution in [1.29, 1.82) is 5.53 Å². The third-order valence-corrected chi connectivity index (χ3v) is 1.84. The average Bonchev–Trinajstić information content (AvgIpc) is 2.28. The lowest BCUT2D eigenvalue weighted by atomic mass is 10.1. The summed E-state index contributed by atoms with van der Waals surface area (Å²) in [6, 6.07) is 2.12. The molecule has 0 radical (unpaired) electrons. The van der Waals surface area contributed by atoms with Crippen LogP contribution in [0.15, 0.2) is 23.3 Å². The first kappa shape index (κ1) is 12.3. The van der Waals surface area contributed by atoms with E-state index >= 15 is 0 Å². The van der Waals surface area contributed by atoms with Gasteiger partial charge in [-0.1, -0.05) is 5.11 Å². The number of amides is 2. The summed E-state index contributed by atoms with van der Waals surface area (Å²) in [6.07, 6.45) is 0. The Bertz CT molecular complexity index is 511. The van der Waals surface area contributed by atoms with Gasteiger partial charge in [0, 0.05) is 0 Å². The molecule has 17 heavy (non-hydrogen) atoms. The van der Waals surface area contributed by atoms with Crippen molar-refractivity contribution < 1.29 is 24.6 Å². The van der Waals surface area contributed by atoms with E-state index in [1.807, 2.05) is 5.32 Å². The monoisotopic (exact) mass is 237 g/mol. The molecule has 0 saturated heterocycles. The van der Waals surface area contributed by atoms with Crippen molar-refractivity contribution in [2.24, 2.45) is 5.11 Å². The molecule has 0 aliphatic carbocycles. The van der Waals surface area contributed by atoms with Gasteiger partial charge in [0.25, 0.3) is 0 Å². The number of rotatable bonds is 3. The Balaban J connectivity index is 3.22. The van der Waals surface area contributed by atoms with E-state index in [0.717, 1.165) is 18.2 Å². The molecule has 0 spiro atoms. The smallest absolute Gasteiger partial charge is 0.363 e. The normalized spacial score (nSPS) is 9.41. The fraction of sp³-hybridized carbons (Fsp3) is 0. The summed E-state index contributed by atoms with van der Waals surface area (Å²) in [5.74, 6) is -2.68. The van der Waals surface area contributed by atoms with Crippen LogP contribution in [0.25, 0.3) is 0 Å². The Labute approximate surface area is 94.4 Å². The van der Waals surface area contributed by atoms with Crippen molar-refractivity contribution in [3.05, 3.63) is 29.3 Å². The number of carbonyl (C=O) groups is 3. The van der Waals surface area contributed by atoms with Gasteiger partial charge in [-0.3, -0.25) is 0 Å². The molecule has 8 heteroatoms. The van der Waals surface area contributed by atoms with Crippen LogP contribution in [0.2, 0.25) is 0 Å². The number of carbonyl (C=O) groups excluding carboxylic acids is 1. The minimum Gasteiger partial charge on any atom is -0.478 e. The van der Waals surface area contributed by atoms with Crippen LogP contribution in [0.5, 0.6) is 0 Å². The first-order valence-electron chi connectivity index (χ1n) is 4.24. The van der Waals surface area contributed by atoms with Gasteiger partial charge in [0.15, 0.2) is 0 Å². The zero-order valence-corrected chi connectivity index (χ0v) is 8.30. The average molecular weight is 237 g/mol. The van der Waals surface area contributed by atoms with Gasteiger partial charge in [-0.05, 0) is 18.2 Å². The highest BCUT2D eigenvalue weighted by molar-refractivity contribution is 6.02. The van der Waals surface area contributed by atoms with Gasteiger partial charge in [-0.15, -0.1) is 0 Å². The summed E-state index contributed by atoms with van der Waals surface area (Å²) < 4.78 is 0. The number of carboxylic acids is 2. The molecule has 0 aliphatic heterocycles. The van der Waals surface area contributed by atoms with Gasteiger partial charge in [0.1, 0.15) is 0 Å². The topological polar surface area (TPSA) is 140 Å². The van der Waals surface area contributed by atoms with E-state index in [9.17, 15) is 14.4 Å². The molecule has 8 nitrogen and oxygen atoms in total. The molecule has 2 amide bonds. The first-order valence-corrected chi connectivity index (χ1v) is 4.24. The third-order valence-electron chi connectivity index (χ3n) is 1.84. The number of nitrogens with zero attached hydrogens (tertiary/aromatic N) is 1. The second kappa shape index (κ2) is 4.84. The van der Waals surface area contributed by atoms with Crippen molar-refractivity contribution in [3.63, 3.8) is 0 Å². The van der Waals surface area contributed by atoms with Crippen molar-refractivity contribution in [2.75, 3.05) is 5.32 Å². The van der Waals surface area contributed by atoms with Gasteiger partial charge >= 0.3 is 18.0 Å². The van der Waals surface area contributed by atoms with Gasteiger partial charge in [-0.2, -0.15) is 5.53 Å². The molecule has 0 heterocycles. The predicted molar refractivity (Wildman–Crippen MR) is 54.5 cm³/mol. The van der Waals surface area contributed by atoms with E-state index in [4.69, 9.17) is 15.7 Å². The molecule has 0 bridgehead atoms. The van der Waals surface area contributed by atoms with Crippen molar-refractivity contribution in [1.82, 2.24) is 0 Å². The number of hydrogen-bond donors (Lipinski definition) is 4. The summed E-state index contributed by atoms with van der Waals surface area (Å²) in [5.41, 5.74) is 5.69. The van der Waals surface area contributed by atoms with Crippen molar-refractivity contribution in [3.8, 4) is 0 Å². The van der Waals surface area contributed by atoms with Crippen molar-refractivity contribution >= 4 is 23.7 Å². The lowest BCUT2D eigenvalue weighted by molar-refractivity contribution is 0.0696. The van der Waals surface area contributed by atoms with Gasteiger partial charge in [-0.25, -0.2) is 14.4 Å². The highest BCUT2D eigenvalue weighted by atomic mass is 16.4. The van der Waals surface area contributed by atoms with Gasteiger partial charge in [0.05, 0.1) is 16.8 Å². The second-order valence-electron chi connectivity index (χ2n) is 2.91. The lowest BCUT2D eigenvalue weighted by Crippen LogP contribution is -2.11. The minimum atomic E-state index is -1.40. The Morgan fingerprint density at radius 3 is 2.29 bits per heavy atom. The van der Waals surface area contributed by atoms with E-state index in [1.54, 1.807) is 0 Å². The fourth-order valence-electron chi connectivity index (χ4n) is 1.11. The molecule has 1 aromatic rings. The Kier molecular flexibility index (Phi) is 3.50.